The normalized spacial score (nSPS) is 16.9. The van der Waals surface area contributed by atoms with Gasteiger partial charge in [-0.25, -0.2) is 9.78 Å². The van der Waals surface area contributed by atoms with Gasteiger partial charge in [0.05, 0.1) is 12.8 Å². The summed E-state index contributed by atoms with van der Waals surface area (Å²) >= 11 is 1.37. The third-order valence-electron chi connectivity index (χ3n) is 2.85. The molecule has 0 aliphatic heterocycles. The summed E-state index contributed by atoms with van der Waals surface area (Å²) in [6.07, 6.45) is 2.59. The number of ether oxygens (including phenoxy) is 1. The van der Waals surface area contributed by atoms with Crippen LogP contribution in [0.3, 0.4) is 0 Å². The Morgan fingerprint density at radius 1 is 1.62 bits per heavy atom. The fourth-order valence-electron chi connectivity index (χ4n) is 1.65. The molecule has 16 heavy (non-hydrogen) atoms. The number of nitrogens with zero attached hydrogens (tertiary/aromatic N) is 1. The van der Waals surface area contributed by atoms with Gasteiger partial charge in [-0.3, -0.25) is 0 Å². The van der Waals surface area contributed by atoms with E-state index in [-0.39, 0.29) is 5.97 Å². The van der Waals surface area contributed by atoms with Crippen molar-refractivity contribution in [3.05, 3.63) is 10.6 Å². The van der Waals surface area contributed by atoms with E-state index in [4.69, 9.17) is 4.74 Å². The summed E-state index contributed by atoms with van der Waals surface area (Å²) in [5.41, 5.74) is 0.738. The Kier molecular flexibility index (Phi) is 3.14. The molecule has 1 aliphatic rings. The van der Waals surface area contributed by atoms with Gasteiger partial charge >= 0.3 is 5.97 Å². The Morgan fingerprint density at radius 3 is 2.88 bits per heavy atom. The molecule has 0 amide bonds. The van der Waals surface area contributed by atoms with Crippen molar-refractivity contribution in [1.29, 1.82) is 0 Å². The third-order valence-corrected chi connectivity index (χ3v) is 3.92. The van der Waals surface area contributed by atoms with Gasteiger partial charge in [-0.15, -0.1) is 0 Å². The Hall–Kier alpha value is -1.10. The molecule has 1 atom stereocenters. The summed E-state index contributed by atoms with van der Waals surface area (Å²) in [5, 5.41) is 4.16. The molecule has 4 nitrogen and oxygen atoms in total. The van der Waals surface area contributed by atoms with Gasteiger partial charge in [0.25, 0.3) is 0 Å². The number of hydrogen-bond acceptors (Lipinski definition) is 5. The minimum Gasteiger partial charge on any atom is -0.465 e. The number of rotatable bonds is 4. The number of aryl methyl sites for hydroxylation is 1. The Bertz CT molecular complexity index is 399. The molecule has 0 bridgehead atoms. The van der Waals surface area contributed by atoms with E-state index < -0.39 is 0 Å². The van der Waals surface area contributed by atoms with Crippen LogP contribution in [0.1, 0.15) is 35.1 Å². The summed E-state index contributed by atoms with van der Waals surface area (Å²) in [6.45, 7) is 3.99. The molecular formula is C11H16N2O2S. The van der Waals surface area contributed by atoms with Crippen molar-refractivity contribution in [2.45, 2.75) is 32.7 Å². The highest BCUT2D eigenvalue weighted by molar-refractivity contribution is 7.17. The molecule has 5 heteroatoms. The second kappa shape index (κ2) is 4.41. The number of aromatic nitrogens is 1. The average Bonchev–Trinajstić information content (AvgIpc) is 3.03. The summed E-state index contributed by atoms with van der Waals surface area (Å²) in [4.78, 5) is 16.3. The van der Waals surface area contributed by atoms with Crippen molar-refractivity contribution < 1.29 is 9.53 Å². The van der Waals surface area contributed by atoms with E-state index in [2.05, 4.69) is 17.2 Å². The predicted molar refractivity (Wildman–Crippen MR) is 64.0 cm³/mol. The molecule has 1 unspecified atom stereocenters. The van der Waals surface area contributed by atoms with Gasteiger partial charge in [0.2, 0.25) is 0 Å². The maximum absolute atomic E-state index is 11.4. The van der Waals surface area contributed by atoms with E-state index in [9.17, 15) is 4.79 Å². The highest BCUT2D eigenvalue weighted by Crippen LogP contribution is 2.35. The average molecular weight is 240 g/mol. The molecular weight excluding hydrogens is 224 g/mol. The second-order valence-corrected chi connectivity index (χ2v) is 5.19. The molecule has 0 spiro atoms. The van der Waals surface area contributed by atoms with Gasteiger partial charge in [0.15, 0.2) is 5.13 Å². The quantitative estimate of drug-likeness (QED) is 0.821. The molecule has 0 radical (unpaired) electrons. The fraction of sp³-hybridized carbons (Fsp3) is 0.636. The zero-order valence-corrected chi connectivity index (χ0v) is 10.6. The van der Waals surface area contributed by atoms with Gasteiger partial charge in [0.1, 0.15) is 4.88 Å². The lowest BCUT2D eigenvalue weighted by Gasteiger charge is -2.10. The zero-order chi connectivity index (χ0) is 11.7. The first-order valence-corrected chi connectivity index (χ1v) is 6.25. The van der Waals surface area contributed by atoms with E-state index in [0.717, 1.165) is 16.7 Å². The molecule has 1 aromatic rings. The van der Waals surface area contributed by atoms with Gasteiger partial charge in [0, 0.05) is 6.04 Å². The summed E-state index contributed by atoms with van der Waals surface area (Å²) < 4.78 is 4.70. The molecule has 0 aromatic carbocycles. The molecule has 1 fully saturated rings. The summed E-state index contributed by atoms with van der Waals surface area (Å²) in [7, 11) is 1.39. The van der Waals surface area contributed by atoms with E-state index in [1.165, 1.54) is 31.3 Å². The summed E-state index contributed by atoms with van der Waals surface area (Å²) in [5.74, 6) is 0.466. The highest BCUT2D eigenvalue weighted by Gasteiger charge is 2.28. The SMILES string of the molecule is COC(=O)c1sc(NC(C)C2CC2)nc1C. The molecule has 1 N–H and O–H groups in total. The molecule has 88 valence electrons. The zero-order valence-electron chi connectivity index (χ0n) is 9.74. The maximum atomic E-state index is 11.4. The molecule has 2 rings (SSSR count). The predicted octanol–water partition coefficient (Wildman–Crippen LogP) is 2.45. The van der Waals surface area contributed by atoms with Crippen LogP contribution in [0.25, 0.3) is 0 Å². The highest BCUT2D eigenvalue weighted by atomic mass is 32.1. The van der Waals surface area contributed by atoms with Gasteiger partial charge in [-0.1, -0.05) is 11.3 Å². The number of hydrogen-bond donors (Lipinski definition) is 1. The van der Waals surface area contributed by atoms with E-state index in [0.29, 0.717) is 10.9 Å². The number of carbonyl (C=O) groups is 1. The monoisotopic (exact) mass is 240 g/mol. The van der Waals surface area contributed by atoms with Crippen LogP contribution in [-0.2, 0) is 4.74 Å². The van der Waals surface area contributed by atoms with Crippen LogP contribution in [0.2, 0.25) is 0 Å². The number of methoxy groups -OCH3 is 1. The first-order chi connectivity index (χ1) is 7.61. The van der Waals surface area contributed by atoms with Crippen molar-refractivity contribution >= 4 is 22.4 Å². The minimum absolute atomic E-state index is 0.304. The largest absolute Gasteiger partial charge is 0.465 e. The number of anilines is 1. The first kappa shape index (κ1) is 11.4. The van der Waals surface area contributed by atoms with Crippen molar-refractivity contribution in [3.63, 3.8) is 0 Å². The van der Waals surface area contributed by atoms with E-state index in [1.54, 1.807) is 0 Å². The lowest BCUT2D eigenvalue weighted by molar-refractivity contribution is 0.0605. The van der Waals surface area contributed by atoms with Gasteiger partial charge < -0.3 is 10.1 Å². The van der Waals surface area contributed by atoms with Crippen LogP contribution >= 0.6 is 11.3 Å². The van der Waals surface area contributed by atoms with Crippen molar-refractivity contribution in [2.75, 3.05) is 12.4 Å². The molecule has 0 saturated heterocycles. The minimum atomic E-state index is -0.304. The lowest BCUT2D eigenvalue weighted by Crippen LogP contribution is -2.16. The molecule has 1 aromatic heterocycles. The van der Waals surface area contributed by atoms with Crippen molar-refractivity contribution in [2.24, 2.45) is 5.92 Å². The van der Waals surface area contributed by atoms with Crippen LogP contribution < -0.4 is 5.32 Å². The Labute approximate surface area is 99.0 Å². The third kappa shape index (κ3) is 2.35. The Balaban J connectivity index is 2.07. The lowest BCUT2D eigenvalue weighted by atomic mass is 10.2. The van der Waals surface area contributed by atoms with Crippen LogP contribution in [-0.4, -0.2) is 24.1 Å². The van der Waals surface area contributed by atoms with Crippen molar-refractivity contribution in [3.8, 4) is 0 Å². The van der Waals surface area contributed by atoms with Crippen LogP contribution in [0.5, 0.6) is 0 Å². The van der Waals surface area contributed by atoms with E-state index in [1.807, 2.05) is 6.92 Å². The smallest absolute Gasteiger partial charge is 0.350 e. The number of nitrogens with one attached hydrogen (secondary N) is 1. The number of carbonyl (C=O) groups excluding carboxylic acids is 1. The fourth-order valence-corrected chi connectivity index (χ4v) is 2.63. The van der Waals surface area contributed by atoms with E-state index >= 15 is 0 Å². The van der Waals surface area contributed by atoms with Crippen LogP contribution in [0, 0.1) is 12.8 Å². The maximum Gasteiger partial charge on any atom is 0.350 e. The van der Waals surface area contributed by atoms with Crippen LogP contribution in [0.4, 0.5) is 5.13 Å². The van der Waals surface area contributed by atoms with Gasteiger partial charge in [-0.2, -0.15) is 0 Å². The molecule has 1 heterocycles. The number of thiazole rings is 1. The summed E-state index contributed by atoms with van der Waals surface area (Å²) in [6, 6.07) is 0.441. The molecule has 1 saturated carbocycles. The van der Waals surface area contributed by atoms with Gasteiger partial charge in [-0.05, 0) is 32.6 Å². The second-order valence-electron chi connectivity index (χ2n) is 4.20. The topological polar surface area (TPSA) is 51.2 Å². The van der Waals surface area contributed by atoms with Crippen LogP contribution in [0.15, 0.2) is 0 Å². The van der Waals surface area contributed by atoms with Crippen molar-refractivity contribution in [1.82, 2.24) is 4.98 Å². The standard InChI is InChI=1S/C11H16N2O2S/c1-6(8-4-5-8)12-11-13-7(2)9(16-11)10(14)15-3/h6,8H,4-5H2,1-3H3,(H,12,13). The number of esters is 1. The first-order valence-electron chi connectivity index (χ1n) is 5.44. The molecule has 1 aliphatic carbocycles. The Morgan fingerprint density at radius 2 is 2.31 bits per heavy atom.